The Kier molecular flexibility index (Phi) is 3.96. The first-order valence-corrected chi connectivity index (χ1v) is 12.0. The third kappa shape index (κ3) is 2.81. The molecule has 0 saturated heterocycles. The molecule has 4 aromatic rings. The molecule has 8 heteroatoms. The van der Waals surface area contributed by atoms with Crippen molar-refractivity contribution in [3.05, 3.63) is 72.1 Å². The normalized spacial score (nSPS) is 18.2. The molecule has 0 bridgehead atoms. The minimum absolute atomic E-state index is 0.00635. The topological polar surface area (TPSA) is 81.7 Å². The van der Waals surface area contributed by atoms with E-state index in [1.807, 2.05) is 44.6 Å². The number of anilines is 1. The average molecular weight is 452 g/mol. The zero-order valence-corrected chi connectivity index (χ0v) is 19.2. The average Bonchev–Trinajstić information content (AvgIpc) is 3.71. The highest BCUT2D eigenvalue weighted by molar-refractivity contribution is 6.12. The van der Waals surface area contributed by atoms with Crippen LogP contribution >= 0.6 is 0 Å². The fourth-order valence-electron chi connectivity index (χ4n) is 5.19. The molecule has 3 aliphatic rings. The summed E-state index contributed by atoms with van der Waals surface area (Å²) in [7, 11) is 0. The van der Waals surface area contributed by atoms with Gasteiger partial charge in [-0.1, -0.05) is 12.1 Å². The van der Waals surface area contributed by atoms with Crippen molar-refractivity contribution in [1.29, 1.82) is 0 Å². The lowest BCUT2D eigenvalue weighted by molar-refractivity contribution is 0.0988. The van der Waals surface area contributed by atoms with Gasteiger partial charge in [-0.05, 0) is 69.4 Å². The van der Waals surface area contributed by atoms with E-state index in [0.717, 1.165) is 41.0 Å². The molecule has 34 heavy (non-hydrogen) atoms. The number of fused-ring (bicyclic) bond motifs is 2. The van der Waals surface area contributed by atoms with Gasteiger partial charge in [0.2, 0.25) is 0 Å². The number of hydrogen-bond acceptors (Lipinski definition) is 5. The predicted molar refractivity (Wildman–Crippen MR) is 127 cm³/mol. The van der Waals surface area contributed by atoms with Crippen LogP contribution in [0.25, 0.3) is 17.2 Å². The Morgan fingerprint density at radius 3 is 2.71 bits per heavy atom. The van der Waals surface area contributed by atoms with Crippen molar-refractivity contribution < 1.29 is 4.79 Å². The number of benzene rings is 1. The number of carbonyl (C=O) groups is 1. The van der Waals surface area contributed by atoms with Crippen molar-refractivity contribution in [3.63, 3.8) is 0 Å². The number of amides is 1. The minimum atomic E-state index is -0.295. The minimum Gasteiger partial charge on any atom is -0.310 e. The summed E-state index contributed by atoms with van der Waals surface area (Å²) in [5, 5.41) is 8.36. The van der Waals surface area contributed by atoms with E-state index in [9.17, 15) is 4.79 Å². The first-order chi connectivity index (χ1) is 16.5. The highest BCUT2D eigenvalue weighted by Gasteiger charge is 2.59. The molecule has 3 aromatic heterocycles. The standard InChI is InChI=1S/C26H25N7O/c1-16(2)32-15-28-30-24(32)21-4-3-5-23(29-21)33-25(34)19-12-18(8-9-20(19)26(33)10-11-26)31-13-22(27-14-31)17-6-7-17/h3-5,8-9,12-17H,6-7,10-11H2,1-2H3. The Labute approximate surface area is 197 Å². The van der Waals surface area contributed by atoms with Gasteiger partial charge >= 0.3 is 0 Å². The van der Waals surface area contributed by atoms with Gasteiger partial charge in [-0.25, -0.2) is 9.97 Å². The number of nitrogens with zero attached hydrogens (tertiary/aromatic N) is 7. The summed E-state index contributed by atoms with van der Waals surface area (Å²) in [6.45, 7) is 4.17. The molecular weight excluding hydrogens is 426 g/mol. The van der Waals surface area contributed by atoms with Gasteiger partial charge in [0.25, 0.3) is 5.91 Å². The van der Waals surface area contributed by atoms with Crippen LogP contribution in [0.2, 0.25) is 0 Å². The van der Waals surface area contributed by atoms with Crippen LogP contribution in [-0.4, -0.2) is 35.2 Å². The lowest BCUT2D eigenvalue weighted by Gasteiger charge is -2.24. The molecule has 7 rings (SSSR count). The fourth-order valence-corrected chi connectivity index (χ4v) is 5.19. The monoisotopic (exact) mass is 451 g/mol. The lowest BCUT2D eigenvalue weighted by atomic mass is 10.0. The van der Waals surface area contributed by atoms with Gasteiger partial charge in [0.1, 0.15) is 17.8 Å². The number of carbonyl (C=O) groups excluding carboxylic acids is 1. The Bertz CT molecular complexity index is 1440. The second-order valence-electron chi connectivity index (χ2n) is 9.92. The van der Waals surface area contributed by atoms with E-state index in [1.165, 1.54) is 12.8 Å². The molecule has 1 spiro atoms. The van der Waals surface area contributed by atoms with Crippen molar-refractivity contribution in [2.75, 3.05) is 4.90 Å². The van der Waals surface area contributed by atoms with Gasteiger partial charge in [0.15, 0.2) is 5.82 Å². The Morgan fingerprint density at radius 2 is 1.94 bits per heavy atom. The number of pyridine rings is 1. The molecule has 4 heterocycles. The molecule has 0 radical (unpaired) electrons. The molecule has 0 unspecified atom stereocenters. The second kappa shape index (κ2) is 6.85. The van der Waals surface area contributed by atoms with E-state index >= 15 is 0 Å². The van der Waals surface area contributed by atoms with Crippen LogP contribution in [0.15, 0.2) is 55.2 Å². The molecule has 8 nitrogen and oxygen atoms in total. The summed E-state index contributed by atoms with van der Waals surface area (Å²) in [5.74, 6) is 1.98. The van der Waals surface area contributed by atoms with Crippen LogP contribution in [0.4, 0.5) is 5.82 Å². The van der Waals surface area contributed by atoms with Gasteiger partial charge in [0.05, 0.1) is 17.6 Å². The molecule has 170 valence electrons. The predicted octanol–water partition coefficient (Wildman–Crippen LogP) is 4.63. The maximum Gasteiger partial charge on any atom is 0.260 e. The SMILES string of the molecule is CC(C)n1cnnc1-c1cccc(N2C(=O)c3cc(-n4cnc(C5CC5)c4)ccc3C23CC3)n1. The van der Waals surface area contributed by atoms with E-state index in [4.69, 9.17) is 4.98 Å². The lowest BCUT2D eigenvalue weighted by Crippen LogP contribution is -2.34. The van der Waals surface area contributed by atoms with Gasteiger partial charge < -0.3 is 9.13 Å². The highest BCUT2D eigenvalue weighted by atomic mass is 16.2. The molecule has 1 aromatic carbocycles. The van der Waals surface area contributed by atoms with Crippen molar-refractivity contribution in [1.82, 2.24) is 29.3 Å². The van der Waals surface area contributed by atoms with Crippen molar-refractivity contribution in [3.8, 4) is 17.2 Å². The smallest absolute Gasteiger partial charge is 0.260 e. The Hall–Kier alpha value is -3.81. The summed E-state index contributed by atoms with van der Waals surface area (Å²) >= 11 is 0. The number of imidazole rings is 1. The van der Waals surface area contributed by atoms with Crippen LogP contribution in [0.3, 0.4) is 0 Å². The van der Waals surface area contributed by atoms with Crippen LogP contribution < -0.4 is 4.90 Å². The van der Waals surface area contributed by atoms with Crippen molar-refractivity contribution >= 4 is 11.7 Å². The summed E-state index contributed by atoms with van der Waals surface area (Å²) in [4.78, 5) is 25.1. The molecule has 2 aliphatic carbocycles. The first kappa shape index (κ1) is 19.6. The van der Waals surface area contributed by atoms with E-state index < -0.39 is 0 Å². The zero-order valence-electron chi connectivity index (χ0n) is 19.2. The van der Waals surface area contributed by atoms with Crippen LogP contribution in [-0.2, 0) is 5.54 Å². The summed E-state index contributed by atoms with van der Waals surface area (Å²) in [5.41, 5.74) is 4.39. The Balaban J connectivity index is 1.27. The summed E-state index contributed by atoms with van der Waals surface area (Å²) in [6.07, 6.45) is 9.99. The second-order valence-corrected chi connectivity index (χ2v) is 9.92. The summed E-state index contributed by atoms with van der Waals surface area (Å²) < 4.78 is 4.02. The maximum atomic E-state index is 13.8. The highest BCUT2D eigenvalue weighted by Crippen LogP contribution is 2.57. The van der Waals surface area contributed by atoms with Crippen LogP contribution in [0.1, 0.15) is 73.1 Å². The largest absolute Gasteiger partial charge is 0.310 e. The summed E-state index contributed by atoms with van der Waals surface area (Å²) in [6, 6.07) is 12.2. The number of aromatic nitrogens is 6. The zero-order chi connectivity index (χ0) is 23.0. The van der Waals surface area contributed by atoms with Crippen LogP contribution in [0, 0.1) is 0 Å². The van der Waals surface area contributed by atoms with E-state index in [-0.39, 0.29) is 17.5 Å². The van der Waals surface area contributed by atoms with Gasteiger partial charge in [0, 0.05) is 29.4 Å². The third-order valence-corrected chi connectivity index (χ3v) is 7.31. The van der Waals surface area contributed by atoms with Crippen molar-refractivity contribution in [2.24, 2.45) is 0 Å². The Morgan fingerprint density at radius 1 is 1.09 bits per heavy atom. The fraction of sp³-hybridized carbons (Fsp3) is 0.346. The van der Waals surface area contributed by atoms with E-state index in [2.05, 4.69) is 47.4 Å². The third-order valence-electron chi connectivity index (χ3n) is 7.31. The maximum absolute atomic E-state index is 13.8. The van der Waals surface area contributed by atoms with Crippen molar-refractivity contribution in [2.45, 2.75) is 57.0 Å². The molecule has 2 fully saturated rings. The van der Waals surface area contributed by atoms with Gasteiger partial charge in [-0.3, -0.25) is 9.69 Å². The van der Waals surface area contributed by atoms with E-state index in [1.54, 1.807) is 6.33 Å². The number of rotatable bonds is 5. The molecule has 0 atom stereocenters. The molecule has 0 N–H and O–H groups in total. The molecular formula is C26H25N7O. The van der Waals surface area contributed by atoms with Gasteiger partial charge in [-0.2, -0.15) is 0 Å². The molecule has 1 amide bonds. The first-order valence-electron chi connectivity index (χ1n) is 12.0. The van der Waals surface area contributed by atoms with E-state index in [0.29, 0.717) is 17.6 Å². The molecule has 1 aliphatic heterocycles. The van der Waals surface area contributed by atoms with Gasteiger partial charge in [-0.15, -0.1) is 10.2 Å². The number of hydrogen-bond donors (Lipinski definition) is 0. The van der Waals surface area contributed by atoms with Crippen LogP contribution in [0.5, 0.6) is 0 Å². The quantitative estimate of drug-likeness (QED) is 0.442. The molecule has 2 saturated carbocycles.